The van der Waals surface area contributed by atoms with Gasteiger partial charge in [0, 0.05) is 11.4 Å². The Bertz CT molecular complexity index is 352. The number of likely N-dealkylation sites (tertiary alicyclic amines) is 1. The van der Waals surface area contributed by atoms with Gasteiger partial charge in [0.2, 0.25) is 0 Å². The third kappa shape index (κ3) is 2.74. The van der Waals surface area contributed by atoms with E-state index in [1.54, 1.807) is 10.4 Å². The Labute approximate surface area is 109 Å². The fourth-order valence-corrected chi connectivity index (χ4v) is 4.40. The number of hydrogen-bond donors (Lipinski definition) is 0. The van der Waals surface area contributed by atoms with Gasteiger partial charge in [0.05, 0.1) is 0 Å². The molecule has 3 rings (SSSR count). The number of thiophene rings is 1. The maximum absolute atomic E-state index is 2.71. The molecule has 1 fully saturated rings. The summed E-state index contributed by atoms with van der Waals surface area (Å²) >= 11 is 1.99. The fraction of sp³-hybridized carbons (Fsp3) is 0.733. The maximum Gasteiger partial charge on any atom is 0.00805 e. The summed E-state index contributed by atoms with van der Waals surface area (Å²) in [6.07, 6.45) is 9.88. The van der Waals surface area contributed by atoms with E-state index in [-0.39, 0.29) is 0 Å². The van der Waals surface area contributed by atoms with Crippen LogP contribution in [0.1, 0.15) is 54.9 Å². The van der Waals surface area contributed by atoms with Crippen molar-refractivity contribution in [3.63, 3.8) is 0 Å². The third-order valence-corrected chi connectivity index (χ3v) is 5.35. The smallest absolute Gasteiger partial charge is 0.00805 e. The predicted molar refractivity (Wildman–Crippen MR) is 74.9 cm³/mol. The summed E-state index contributed by atoms with van der Waals surface area (Å²) in [7, 11) is 0. The highest BCUT2D eigenvalue weighted by Crippen LogP contribution is 2.34. The van der Waals surface area contributed by atoms with E-state index in [1.807, 2.05) is 11.3 Å². The van der Waals surface area contributed by atoms with Crippen LogP contribution < -0.4 is 0 Å². The van der Waals surface area contributed by atoms with Gasteiger partial charge >= 0.3 is 0 Å². The number of rotatable bonds is 2. The molecule has 2 heterocycles. The lowest BCUT2D eigenvalue weighted by Gasteiger charge is -2.30. The number of hydrogen-bond acceptors (Lipinski definition) is 2. The average molecular weight is 249 g/mol. The van der Waals surface area contributed by atoms with Gasteiger partial charge in [0.25, 0.3) is 0 Å². The van der Waals surface area contributed by atoms with Gasteiger partial charge in [0.15, 0.2) is 0 Å². The lowest BCUT2D eigenvalue weighted by atomic mass is 9.95. The van der Waals surface area contributed by atoms with Crippen molar-refractivity contribution in [1.29, 1.82) is 0 Å². The molecule has 0 saturated carbocycles. The number of piperidine rings is 1. The summed E-state index contributed by atoms with van der Waals surface area (Å²) in [5.41, 5.74) is 1.69. The van der Waals surface area contributed by atoms with Crippen LogP contribution in [-0.2, 0) is 6.42 Å². The molecule has 0 bridgehead atoms. The minimum absolute atomic E-state index is 0.830. The van der Waals surface area contributed by atoms with Crippen LogP contribution in [0.5, 0.6) is 0 Å². The first-order valence-corrected chi connectivity index (χ1v) is 8.10. The Morgan fingerprint density at radius 2 is 2.00 bits per heavy atom. The van der Waals surface area contributed by atoms with Crippen LogP contribution in [0.25, 0.3) is 0 Å². The van der Waals surface area contributed by atoms with Crippen LogP contribution in [0.2, 0.25) is 0 Å². The van der Waals surface area contributed by atoms with Crippen molar-refractivity contribution in [3.8, 4) is 0 Å². The molecule has 1 atom stereocenters. The zero-order valence-corrected chi connectivity index (χ0v) is 11.5. The van der Waals surface area contributed by atoms with E-state index in [0.717, 1.165) is 5.92 Å². The topological polar surface area (TPSA) is 3.24 Å². The van der Waals surface area contributed by atoms with Crippen LogP contribution in [0.15, 0.2) is 11.4 Å². The summed E-state index contributed by atoms with van der Waals surface area (Å²) in [5, 5.41) is 2.30. The normalized spacial score (nSPS) is 26.5. The van der Waals surface area contributed by atoms with Gasteiger partial charge < -0.3 is 4.90 Å². The first kappa shape index (κ1) is 11.7. The summed E-state index contributed by atoms with van der Waals surface area (Å²) in [6.45, 7) is 4.01. The van der Waals surface area contributed by atoms with E-state index in [4.69, 9.17) is 0 Å². The Morgan fingerprint density at radius 3 is 2.88 bits per heavy atom. The van der Waals surface area contributed by atoms with E-state index < -0.39 is 0 Å². The Kier molecular flexibility index (Phi) is 3.82. The highest BCUT2D eigenvalue weighted by molar-refractivity contribution is 7.10. The van der Waals surface area contributed by atoms with Crippen LogP contribution in [0.3, 0.4) is 0 Å². The minimum Gasteiger partial charge on any atom is -0.303 e. The van der Waals surface area contributed by atoms with Crippen molar-refractivity contribution >= 4 is 11.3 Å². The molecule has 1 aromatic rings. The Balaban J connectivity index is 1.70. The second kappa shape index (κ2) is 5.53. The van der Waals surface area contributed by atoms with Gasteiger partial charge in [-0.3, -0.25) is 0 Å². The molecule has 0 amide bonds. The van der Waals surface area contributed by atoms with E-state index in [0.29, 0.717) is 0 Å². The average Bonchev–Trinajstić information content (AvgIpc) is 2.75. The molecule has 0 radical (unpaired) electrons. The number of nitrogens with zero attached hydrogens (tertiary/aromatic N) is 1. The van der Waals surface area contributed by atoms with Crippen molar-refractivity contribution in [3.05, 3.63) is 21.9 Å². The standard InChI is InChI=1S/C15H23NS/c1-4-9-16(10-5-1)12-13-6-2-3-7-15-14(13)8-11-17-15/h8,11,13H,1-7,9-10,12H2/t13-/m0/s1. The molecule has 1 nitrogen and oxygen atoms in total. The highest BCUT2D eigenvalue weighted by atomic mass is 32.1. The van der Waals surface area contributed by atoms with Gasteiger partial charge in [-0.25, -0.2) is 0 Å². The molecule has 2 aliphatic rings. The molecule has 2 heteroatoms. The summed E-state index contributed by atoms with van der Waals surface area (Å²) in [6, 6.07) is 2.40. The second-order valence-electron chi connectivity index (χ2n) is 5.60. The SMILES string of the molecule is c1cc2c(s1)CCCC[C@H]2CN1CCCCC1. The Morgan fingerprint density at radius 1 is 1.12 bits per heavy atom. The van der Waals surface area contributed by atoms with E-state index >= 15 is 0 Å². The van der Waals surface area contributed by atoms with E-state index in [9.17, 15) is 0 Å². The van der Waals surface area contributed by atoms with Crippen molar-refractivity contribution in [2.45, 2.75) is 50.9 Å². The molecule has 1 aliphatic carbocycles. The van der Waals surface area contributed by atoms with Crippen LogP contribution in [0, 0.1) is 0 Å². The Hall–Kier alpha value is -0.340. The maximum atomic E-state index is 2.71. The molecule has 0 N–H and O–H groups in total. The van der Waals surface area contributed by atoms with Gasteiger partial charge in [-0.15, -0.1) is 11.3 Å². The molecule has 94 valence electrons. The zero-order valence-electron chi connectivity index (χ0n) is 10.7. The van der Waals surface area contributed by atoms with Crippen LogP contribution >= 0.6 is 11.3 Å². The van der Waals surface area contributed by atoms with E-state index in [2.05, 4.69) is 16.3 Å². The van der Waals surface area contributed by atoms with Crippen molar-refractivity contribution in [2.24, 2.45) is 0 Å². The quantitative estimate of drug-likeness (QED) is 0.715. The lowest BCUT2D eigenvalue weighted by Crippen LogP contribution is -2.33. The first-order valence-electron chi connectivity index (χ1n) is 7.22. The predicted octanol–water partition coefficient (Wildman–Crippen LogP) is 4.04. The molecule has 17 heavy (non-hydrogen) atoms. The molecular weight excluding hydrogens is 226 g/mol. The van der Waals surface area contributed by atoms with Crippen LogP contribution in [-0.4, -0.2) is 24.5 Å². The van der Waals surface area contributed by atoms with Gasteiger partial charge in [0.1, 0.15) is 0 Å². The molecular formula is C15H23NS. The zero-order chi connectivity index (χ0) is 11.5. The summed E-state index contributed by atoms with van der Waals surface area (Å²) in [5.74, 6) is 0.830. The largest absolute Gasteiger partial charge is 0.303 e. The molecule has 1 aromatic heterocycles. The fourth-order valence-electron chi connectivity index (χ4n) is 3.39. The molecule has 1 saturated heterocycles. The highest BCUT2D eigenvalue weighted by Gasteiger charge is 2.22. The third-order valence-electron chi connectivity index (χ3n) is 4.35. The summed E-state index contributed by atoms with van der Waals surface area (Å²) < 4.78 is 0. The van der Waals surface area contributed by atoms with Crippen molar-refractivity contribution in [1.82, 2.24) is 4.90 Å². The number of fused-ring (bicyclic) bond motifs is 1. The monoisotopic (exact) mass is 249 g/mol. The van der Waals surface area contributed by atoms with Crippen LogP contribution in [0.4, 0.5) is 0 Å². The number of aryl methyl sites for hydroxylation is 1. The van der Waals surface area contributed by atoms with Gasteiger partial charge in [-0.1, -0.05) is 12.8 Å². The van der Waals surface area contributed by atoms with Gasteiger partial charge in [-0.05, 0) is 68.1 Å². The molecule has 1 aliphatic heterocycles. The van der Waals surface area contributed by atoms with Crippen molar-refractivity contribution < 1.29 is 0 Å². The van der Waals surface area contributed by atoms with Gasteiger partial charge in [-0.2, -0.15) is 0 Å². The molecule has 0 aromatic carbocycles. The first-order chi connectivity index (χ1) is 8.43. The van der Waals surface area contributed by atoms with E-state index in [1.165, 1.54) is 64.6 Å². The minimum atomic E-state index is 0.830. The molecule has 0 unspecified atom stereocenters. The second-order valence-corrected chi connectivity index (χ2v) is 6.60. The molecule has 0 spiro atoms. The lowest BCUT2D eigenvalue weighted by molar-refractivity contribution is 0.212. The van der Waals surface area contributed by atoms with Crippen molar-refractivity contribution in [2.75, 3.05) is 19.6 Å². The summed E-state index contributed by atoms with van der Waals surface area (Å²) in [4.78, 5) is 4.39.